The molecule has 1 aromatic carbocycles. The van der Waals surface area contributed by atoms with E-state index in [1.54, 1.807) is 0 Å². The van der Waals surface area contributed by atoms with Crippen molar-refractivity contribution < 1.29 is 4.74 Å². The lowest BCUT2D eigenvalue weighted by atomic mass is 10.0. The number of nitriles is 1. The van der Waals surface area contributed by atoms with Gasteiger partial charge in [0.1, 0.15) is 0 Å². The summed E-state index contributed by atoms with van der Waals surface area (Å²) in [5.74, 6) is 0.587. The van der Waals surface area contributed by atoms with Crippen molar-refractivity contribution in [3.05, 3.63) is 35.9 Å². The summed E-state index contributed by atoms with van der Waals surface area (Å²) in [5, 5.41) is 12.3. The minimum atomic E-state index is 0.122. The van der Waals surface area contributed by atoms with Gasteiger partial charge in [-0.25, -0.2) is 0 Å². The number of nitrogens with one attached hydrogen (secondary N) is 1. The van der Waals surface area contributed by atoms with Gasteiger partial charge in [-0.2, -0.15) is 5.26 Å². The van der Waals surface area contributed by atoms with Gasteiger partial charge in [0.25, 0.3) is 0 Å². The fourth-order valence-corrected chi connectivity index (χ4v) is 1.85. The van der Waals surface area contributed by atoms with E-state index in [4.69, 9.17) is 10.00 Å². The number of ether oxygens (including phenoxy) is 1. The lowest BCUT2D eigenvalue weighted by Crippen LogP contribution is -2.23. The molecular formula is C16H24N2O. The van der Waals surface area contributed by atoms with Crippen LogP contribution in [0.4, 0.5) is 0 Å². The van der Waals surface area contributed by atoms with Crippen LogP contribution in [0.3, 0.4) is 0 Å². The van der Waals surface area contributed by atoms with E-state index in [-0.39, 0.29) is 6.04 Å². The maximum Gasteiger partial charge on any atom is 0.0641 e. The molecule has 0 saturated heterocycles. The van der Waals surface area contributed by atoms with Crippen LogP contribution in [0.1, 0.15) is 38.3 Å². The van der Waals surface area contributed by atoms with Crippen LogP contribution in [0.5, 0.6) is 0 Å². The lowest BCUT2D eigenvalue weighted by Gasteiger charge is -2.16. The molecule has 104 valence electrons. The largest absolute Gasteiger partial charge is 0.381 e. The molecule has 0 aromatic heterocycles. The van der Waals surface area contributed by atoms with Crippen LogP contribution in [-0.4, -0.2) is 19.8 Å². The van der Waals surface area contributed by atoms with Crippen LogP contribution in [0.2, 0.25) is 0 Å². The quantitative estimate of drug-likeness (QED) is 0.693. The Bertz CT molecular complexity index is 370. The van der Waals surface area contributed by atoms with Crippen LogP contribution in [0.25, 0.3) is 0 Å². The monoisotopic (exact) mass is 260 g/mol. The van der Waals surface area contributed by atoms with Gasteiger partial charge in [0.15, 0.2) is 0 Å². The lowest BCUT2D eigenvalue weighted by molar-refractivity contribution is 0.107. The Morgan fingerprint density at radius 3 is 2.63 bits per heavy atom. The van der Waals surface area contributed by atoms with Gasteiger partial charge in [0.05, 0.1) is 12.5 Å². The number of rotatable bonds is 9. The molecule has 0 fully saturated rings. The molecule has 0 radical (unpaired) electrons. The van der Waals surface area contributed by atoms with Crippen molar-refractivity contribution >= 4 is 0 Å². The number of benzene rings is 1. The van der Waals surface area contributed by atoms with Gasteiger partial charge < -0.3 is 10.1 Å². The van der Waals surface area contributed by atoms with Gasteiger partial charge in [0, 0.05) is 19.3 Å². The molecule has 3 nitrogen and oxygen atoms in total. The molecule has 0 saturated carbocycles. The standard InChI is InChI=1S/C16H24N2O/c1-14(2)13-19-12-6-11-18-16(9-10-17)15-7-4-3-5-8-15/h3-5,7-8,14,16,18H,6,9,11-13H2,1-2H3. The second-order valence-corrected chi connectivity index (χ2v) is 5.10. The fraction of sp³-hybridized carbons (Fsp3) is 0.562. The van der Waals surface area contributed by atoms with E-state index in [1.165, 1.54) is 5.56 Å². The predicted molar refractivity (Wildman–Crippen MR) is 77.7 cm³/mol. The van der Waals surface area contributed by atoms with Gasteiger partial charge in [-0.05, 0) is 24.4 Å². The Balaban J connectivity index is 2.26. The van der Waals surface area contributed by atoms with E-state index in [1.807, 2.05) is 18.2 Å². The van der Waals surface area contributed by atoms with Gasteiger partial charge in [-0.15, -0.1) is 0 Å². The second kappa shape index (κ2) is 9.55. The minimum absolute atomic E-state index is 0.122. The number of nitrogens with zero attached hydrogens (tertiary/aromatic N) is 1. The first kappa shape index (κ1) is 15.7. The van der Waals surface area contributed by atoms with E-state index >= 15 is 0 Å². The normalized spacial score (nSPS) is 12.3. The van der Waals surface area contributed by atoms with Crippen molar-refractivity contribution in [2.75, 3.05) is 19.8 Å². The van der Waals surface area contributed by atoms with E-state index < -0.39 is 0 Å². The topological polar surface area (TPSA) is 45.0 Å². The van der Waals surface area contributed by atoms with Crippen LogP contribution in [-0.2, 0) is 4.74 Å². The fourth-order valence-electron chi connectivity index (χ4n) is 1.85. The summed E-state index contributed by atoms with van der Waals surface area (Å²) >= 11 is 0. The highest BCUT2D eigenvalue weighted by Crippen LogP contribution is 2.15. The van der Waals surface area contributed by atoms with Crippen LogP contribution in [0.15, 0.2) is 30.3 Å². The molecule has 19 heavy (non-hydrogen) atoms. The van der Waals surface area contributed by atoms with Crippen LogP contribution in [0, 0.1) is 17.2 Å². The molecule has 0 spiro atoms. The molecule has 1 atom stereocenters. The average molecular weight is 260 g/mol. The average Bonchev–Trinajstić information content (AvgIpc) is 2.42. The number of hydrogen-bond donors (Lipinski definition) is 1. The second-order valence-electron chi connectivity index (χ2n) is 5.10. The zero-order chi connectivity index (χ0) is 13.9. The summed E-state index contributed by atoms with van der Waals surface area (Å²) in [6.45, 7) is 6.77. The zero-order valence-corrected chi connectivity index (χ0v) is 11.9. The molecule has 0 amide bonds. The maximum absolute atomic E-state index is 8.89. The van der Waals surface area contributed by atoms with Crippen molar-refractivity contribution in [3.8, 4) is 6.07 Å². The Labute approximate surface area is 116 Å². The highest BCUT2D eigenvalue weighted by molar-refractivity contribution is 5.19. The molecule has 1 rings (SSSR count). The zero-order valence-electron chi connectivity index (χ0n) is 11.9. The number of hydrogen-bond acceptors (Lipinski definition) is 3. The van der Waals surface area contributed by atoms with Crippen molar-refractivity contribution in [3.63, 3.8) is 0 Å². The van der Waals surface area contributed by atoms with Crippen molar-refractivity contribution in [2.24, 2.45) is 5.92 Å². The first-order valence-electron chi connectivity index (χ1n) is 6.97. The Hall–Kier alpha value is -1.37. The highest BCUT2D eigenvalue weighted by atomic mass is 16.5. The summed E-state index contributed by atoms with van der Waals surface area (Å²) in [6.07, 6.45) is 1.47. The molecule has 3 heteroatoms. The van der Waals surface area contributed by atoms with Crippen molar-refractivity contribution in [1.29, 1.82) is 5.26 Å². The van der Waals surface area contributed by atoms with E-state index in [0.29, 0.717) is 12.3 Å². The van der Waals surface area contributed by atoms with E-state index in [9.17, 15) is 0 Å². The van der Waals surface area contributed by atoms with Crippen LogP contribution < -0.4 is 5.32 Å². The van der Waals surface area contributed by atoms with Gasteiger partial charge in [-0.1, -0.05) is 44.2 Å². The van der Waals surface area contributed by atoms with E-state index in [0.717, 1.165) is 26.2 Å². The third-order valence-electron chi connectivity index (χ3n) is 2.80. The smallest absolute Gasteiger partial charge is 0.0641 e. The molecule has 0 aliphatic heterocycles. The molecule has 1 unspecified atom stereocenters. The molecule has 0 heterocycles. The SMILES string of the molecule is CC(C)COCCCNC(CC#N)c1ccccc1. The third-order valence-corrected chi connectivity index (χ3v) is 2.80. The molecule has 0 aliphatic rings. The molecule has 1 N–H and O–H groups in total. The molecular weight excluding hydrogens is 236 g/mol. The Morgan fingerprint density at radius 1 is 1.26 bits per heavy atom. The summed E-state index contributed by atoms with van der Waals surface area (Å²) in [5.41, 5.74) is 1.17. The molecule has 0 bridgehead atoms. The summed E-state index contributed by atoms with van der Waals surface area (Å²) in [6, 6.07) is 12.5. The molecule has 1 aromatic rings. The van der Waals surface area contributed by atoms with Crippen molar-refractivity contribution in [2.45, 2.75) is 32.7 Å². The first-order chi connectivity index (χ1) is 9.24. The highest BCUT2D eigenvalue weighted by Gasteiger charge is 2.09. The van der Waals surface area contributed by atoms with Gasteiger partial charge in [0.2, 0.25) is 0 Å². The Morgan fingerprint density at radius 2 is 2.00 bits per heavy atom. The first-order valence-corrected chi connectivity index (χ1v) is 6.97. The Kier molecular flexibility index (Phi) is 7.88. The minimum Gasteiger partial charge on any atom is -0.381 e. The summed E-state index contributed by atoms with van der Waals surface area (Å²) in [7, 11) is 0. The maximum atomic E-state index is 8.89. The van der Waals surface area contributed by atoms with Gasteiger partial charge in [-0.3, -0.25) is 0 Å². The summed E-state index contributed by atoms with van der Waals surface area (Å²) in [4.78, 5) is 0. The summed E-state index contributed by atoms with van der Waals surface area (Å²) < 4.78 is 5.54. The third kappa shape index (κ3) is 6.95. The van der Waals surface area contributed by atoms with Crippen molar-refractivity contribution in [1.82, 2.24) is 5.32 Å². The van der Waals surface area contributed by atoms with Gasteiger partial charge >= 0.3 is 0 Å². The molecule has 0 aliphatic carbocycles. The predicted octanol–water partition coefficient (Wildman–Crippen LogP) is 3.29. The van der Waals surface area contributed by atoms with E-state index in [2.05, 4.69) is 37.4 Å². The van der Waals surface area contributed by atoms with Crippen LogP contribution >= 0.6 is 0 Å².